The number of rotatable bonds is 10. The van der Waals surface area contributed by atoms with Crippen molar-refractivity contribution in [3.63, 3.8) is 0 Å². The Bertz CT molecular complexity index is 3030. The van der Waals surface area contributed by atoms with E-state index in [9.17, 15) is 0 Å². The molecule has 0 bridgehead atoms. The van der Waals surface area contributed by atoms with Crippen LogP contribution in [0.3, 0.4) is 0 Å². The van der Waals surface area contributed by atoms with Crippen LogP contribution in [-0.2, 0) is 22.4 Å². The van der Waals surface area contributed by atoms with Gasteiger partial charge >= 0.3 is 0 Å². The fourth-order valence-electron chi connectivity index (χ4n) is 10.1. The van der Waals surface area contributed by atoms with Crippen LogP contribution in [0.1, 0.15) is 101 Å². The first kappa shape index (κ1) is 47.3. The number of aromatic nitrogens is 4. The molecule has 0 atom stereocenters. The fraction of sp³-hybridized carbons (Fsp3) is 0.197. The molecule has 0 saturated carbocycles. The molecule has 67 heavy (non-hydrogen) atoms. The van der Waals surface area contributed by atoms with Crippen molar-refractivity contribution in [1.29, 1.82) is 0 Å². The van der Waals surface area contributed by atoms with Crippen LogP contribution in [0.5, 0.6) is 0 Å². The van der Waals surface area contributed by atoms with Gasteiger partial charge in [0.05, 0.1) is 22.4 Å². The second-order valence-electron chi connectivity index (χ2n) is 18.8. The van der Waals surface area contributed by atoms with Gasteiger partial charge in [-0.1, -0.05) is 254 Å². The maximum Gasteiger partial charge on any atom is 0.269 e. The molecule has 7 aromatic carbocycles. The molecule has 0 unspecified atom stereocenters. The number of fused-ring (bicyclic) bond motifs is 4. The minimum atomic E-state index is -2.64. The summed E-state index contributed by atoms with van der Waals surface area (Å²) in [6.07, 6.45) is 5.88. The van der Waals surface area contributed by atoms with E-state index in [2.05, 4.69) is 264 Å². The number of imidazole rings is 1. The van der Waals surface area contributed by atoms with Gasteiger partial charge in [0.1, 0.15) is 0 Å². The summed E-state index contributed by atoms with van der Waals surface area (Å²) in [6, 6.07) is 65.6. The summed E-state index contributed by atoms with van der Waals surface area (Å²) < 4.78 is 6.69. The van der Waals surface area contributed by atoms with Crippen LogP contribution in [0, 0.1) is 13.4 Å². The normalized spacial score (nSPS) is 11.8. The molecule has 10 aromatic rings. The molecule has 0 spiro atoms. The largest absolute Gasteiger partial charge is 0.480 e. The van der Waals surface area contributed by atoms with Crippen LogP contribution in [0.25, 0.3) is 44.2 Å². The van der Waals surface area contributed by atoms with Crippen molar-refractivity contribution in [1.82, 2.24) is 14.1 Å². The number of benzene rings is 7. The Morgan fingerprint density at radius 1 is 0.478 bits per heavy atom. The Balaban J connectivity index is 0.000000179. The number of para-hydroxylation sites is 5. The first-order valence-electron chi connectivity index (χ1n) is 23.6. The van der Waals surface area contributed by atoms with Gasteiger partial charge in [-0.3, -0.25) is 14.1 Å². The van der Waals surface area contributed by atoms with Crippen LogP contribution in [0.2, 0.25) is 0 Å². The fourth-order valence-corrected chi connectivity index (χ4v) is 14.7. The Kier molecular flexibility index (Phi) is 14.1. The molecule has 341 valence electrons. The van der Waals surface area contributed by atoms with Crippen molar-refractivity contribution >= 4 is 61.8 Å². The predicted molar refractivity (Wildman–Crippen MR) is 282 cm³/mol. The standard InChI is InChI=1S/C31H38N2.C30H23N2Si.Au/c1-20(2)24-13-11-14-25(21(3)4)30(24)32-19-33(29-18-10-9-17-28(29)32)31-26(22(5)6)15-12-16-27(31)23(7)8;1-32-28-20-12-11-19-26(28)27-22-31-30(21-29(27)32)33(23-13-5-2-6-14-23,24-15-7-3-8-16-24)25-17-9-4-10-18-25;/h9-18,20-23H,1-8H3;2-22H,1H2;/q;-1;. The molecule has 0 aliphatic carbocycles. The molecule has 0 fully saturated rings. The van der Waals surface area contributed by atoms with E-state index in [1.807, 2.05) is 6.20 Å². The maximum atomic E-state index is 5.19. The third-order valence-corrected chi connectivity index (χ3v) is 18.0. The summed E-state index contributed by atoms with van der Waals surface area (Å²) in [5, 5.41) is 7.41. The van der Waals surface area contributed by atoms with Crippen LogP contribution >= 0.6 is 0 Å². The van der Waals surface area contributed by atoms with Gasteiger partial charge in [-0.05, 0) is 66.9 Å². The second kappa shape index (κ2) is 19.9. The molecular formula is C61H61AuN4Si-. The Labute approximate surface area is 414 Å². The Morgan fingerprint density at radius 2 is 0.910 bits per heavy atom. The van der Waals surface area contributed by atoms with Gasteiger partial charge in [0.25, 0.3) is 6.33 Å². The molecule has 0 N–H and O–H groups in total. The van der Waals surface area contributed by atoms with E-state index in [0.29, 0.717) is 23.7 Å². The van der Waals surface area contributed by atoms with Gasteiger partial charge in [-0.2, -0.15) is 0 Å². The van der Waals surface area contributed by atoms with E-state index in [4.69, 9.17) is 4.98 Å². The van der Waals surface area contributed by atoms with E-state index < -0.39 is 8.07 Å². The third kappa shape index (κ3) is 8.55. The second-order valence-corrected chi connectivity index (χ2v) is 22.6. The Hall–Kier alpha value is -6.21. The van der Waals surface area contributed by atoms with E-state index in [1.165, 1.54) is 65.6 Å². The first-order valence-corrected chi connectivity index (χ1v) is 25.6. The molecule has 1 radical (unpaired) electrons. The molecule has 0 amide bonds. The van der Waals surface area contributed by atoms with E-state index in [0.717, 1.165) is 21.7 Å². The molecule has 3 heterocycles. The third-order valence-electron chi connectivity index (χ3n) is 13.4. The number of hydrogen-bond donors (Lipinski definition) is 0. The molecule has 0 aliphatic rings. The van der Waals surface area contributed by atoms with Gasteiger partial charge < -0.3 is 4.57 Å². The summed E-state index contributed by atoms with van der Waals surface area (Å²) in [4.78, 5) is 5.19. The van der Waals surface area contributed by atoms with Gasteiger partial charge in [0.15, 0.2) is 0 Å². The van der Waals surface area contributed by atoms with Crippen LogP contribution in [0.4, 0.5) is 0 Å². The summed E-state index contributed by atoms with van der Waals surface area (Å²) in [5.74, 6) is 1.71. The van der Waals surface area contributed by atoms with Crippen molar-refractivity contribution in [2.24, 2.45) is 0 Å². The van der Waals surface area contributed by atoms with Crippen molar-refractivity contribution in [2.75, 3.05) is 0 Å². The zero-order chi connectivity index (χ0) is 46.1. The quantitative estimate of drug-likeness (QED) is 0.0580. The van der Waals surface area contributed by atoms with E-state index >= 15 is 0 Å². The molecule has 4 nitrogen and oxygen atoms in total. The minimum absolute atomic E-state index is 0. The minimum Gasteiger partial charge on any atom is -0.480 e. The summed E-state index contributed by atoms with van der Waals surface area (Å²) in [5.41, 5.74) is 12.7. The summed E-state index contributed by atoms with van der Waals surface area (Å²) >= 11 is 0. The molecule has 0 saturated heterocycles. The summed E-state index contributed by atoms with van der Waals surface area (Å²) in [6.45, 7) is 18.3. The van der Waals surface area contributed by atoms with E-state index in [1.54, 1.807) is 0 Å². The van der Waals surface area contributed by atoms with Crippen molar-refractivity contribution < 1.29 is 26.9 Å². The van der Waals surface area contributed by atoms with Gasteiger partial charge in [-0.15, -0.1) is 7.05 Å². The van der Waals surface area contributed by atoms with Gasteiger partial charge in [0, 0.05) is 33.9 Å². The number of nitrogens with zero attached hydrogens (tertiary/aromatic N) is 4. The molecular weight excluding hydrogens is 1010 g/mol. The average molecular weight is 1080 g/mol. The maximum absolute atomic E-state index is 5.19. The van der Waals surface area contributed by atoms with Crippen molar-refractivity contribution in [3.05, 3.63) is 224 Å². The predicted octanol–water partition coefficient (Wildman–Crippen LogP) is 12.4. The zero-order valence-electron chi connectivity index (χ0n) is 40.0. The van der Waals surface area contributed by atoms with Crippen molar-refractivity contribution in [3.8, 4) is 11.4 Å². The average Bonchev–Trinajstić information content (AvgIpc) is 3.87. The van der Waals surface area contributed by atoms with Crippen LogP contribution in [0.15, 0.2) is 188 Å². The first-order chi connectivity index (χ1) is 32.0. The topological polar surface area (TPSA) is 26.6 Å². The molecule has 3 aromatic heterocycles. The van der Waals surface area contributed by atoms with Gasteiger partial charge in [0.2, 0.25) is 8.07 Å². The van der Waals surface area contributed by atoms with Gasteiger partial charge in [-0.25, -0.2) is 0 Å². The Morgan fingerprint density at radius 3 is 1.40 bits per heavy atom. The molecule has 6 heteroatoms. The van der Waals surface area contributed by atoms with Crippen LogP contribution < -0.4 is 25.4 Å². The molecule has 0 aliphatic heterocycles. The monoisotopic (exact) mass is 1070 g/mol. The van der Waals surface area contributed by atoms with Crippen LogP contribution in [-0.4, -0.2) is 22.2 Å². The number of pyridine rings is 1. The molecule has 10 rings (SSSR count). The zero-order valence-corrected chi connectivity index (χ0v) is 43.2. The number of hydrogen-bond acceptors (Lipinski definition) is 1. The smallest absolute Gasteiger partial charge is 0.269 e. The van der Waals surface area contributed by atoms with E-state index in [-0.39, 0.29) is 22.4 Å². The SMILES string of the molecule is CC(C)c1cccc(C(C)C)c1-n1[c-][n+](-c2c(C(C)C)cccc2C(C)C)c2ccccc21.[Au].[CH2-]n1c2ccccc2c2cnc([Si](c3ccccc3)(c3ccccc3)c3ccccc3)cc21. The summed E-state index contributed by atoms with van der Waals surface area (Å²) in [7, 11) is 1.74. The van der Waals surface area contributed by atoms with Crippen molar-refractivity contribution in [2.45, 2.75) is 79.1 Å².